The number of aryl methyl sites for hydroxylation is 1. The van der Waals surface area contributed by atoms with Crippen LogP contribution < -0.4 is 4.90 Å². The molecule has 5 heterocycles. The van der Waals surface area contributed by atoms with E-state index in [1.807, 2.05) is 6.20 Å². The number of anilines is 1. The van der Waals surface area contributed by atoms with Crippen LogP contribution in [0.4, 0.5) is 5.82 Å². The maximum absolute atomic E-state index is 5.25. The first kappa shape index (κ1) is 23.0. The molecule has 2 fully saturated rings. The van der Waals surface area contributed by atoms with Crippen molar-refractivity contribution in [2.24, 2.45) is 0 Å². The summed E-state index contributed by atoms with van der Waals surface area (Å²) in [5, 5.41) is 0. The highest BCUT2D eigenvalue weighted by atomic mass is 15.3. The minimum absolute atomic E-state index is 0.363. The molecule has 3 aliphatic rings. The highest BCUT2D eigenvalue weighted by Crippen LogP contribution is 2.34. The lowest BCUT2D eigenvalue weighted by atomic mass is 9.91. The third-order valence-corrected chi connectivity index (χ3v) is 8.30. The van der Waals surface area contributed by atoms with E-state index in [9.17, 15) is 0 Å². The van der Waals surface area contributed by atoms with Crippen LogP contribution >= 0.6 is 0 Å². The van der Waals surface area contributed by atoms with Gasteiger partial charge in [0.1, 0.15) is 11.5 Å². The van der Waals surface area contributed by atoms with Crippen molar-refractivity contribution in [1.82, 2.24) is 29.1 Å². The van der Waals surface area contributed by atoms with Gasteiger partial charge < -0.3 is 9.80 Å². The molecule has 0 saturated carbocycles. The van der Waals surface area contributed by atoms with E-state index in [1.54, 1.807) is 0 Å². The van der Waals surface area contributed by atoms with Crippen molar-refractivity contribution < 1.29 is 0 Å². The zero-order chi connectivity index (χ0) is 23.8. The number of likely N-dealkylation sites (tertiary alicyclic amines) is 1. The van der Waals surface area contributed by atoms with Crippen molar-refractivity contribution in [3.8, 4) is 0 Å². The van der Waals surface area contributed by atoms with Crippen LogP contribution in [0.2, 0.25) is 0 Å². The van der Waals surface area contributed by atoms with Crippen LogP contribution in [-0.2, 0) is 19.5 Å². The summed E-state index contributed by atoms with van der Waals surface area (Å²) in [5.41, 5.74) is 6.37. The molecular weight excluding hydrogens is 434 g/mol. The first-order valence-corrected chi connectivity index (χ1v) is 13.5. The predicted octanol–water partition coefficient (Wildman–Crippen LogP) is 3.59. The number of fused-ring (bicyclic) bond motifs is 2. The lowest BCUT2D eigenvalue weighted by molar-refractivity contribution is 0.205. The summed E-state index contributed by atoms with van der Waals surface area (Å²) in [6, 6.07) is 11.4. The zero-order valence-electron chi connectivity index (χ0n) is 21.4. The molecule has 7 heteroatoms. The van der Waals surface area contributed by atoms with Crippen LogP contribution in [0.15, 0.2) is 36.5 Å². The zero-order valence-corrected chi connectivity index (χ0v) is 21.4. The molecule has 0 aromatic carbocycles. The van der Waals surface area contributed by atoms with Crippen LogP contribution in [0, 0.1) is 0 Å². The molecule has 7 nitrogen and oxygen atoms in total. The summed E-state index contributed by atoms with van der Waals surface area (Å²) < 4.78 is 2.47. The molecule has 3 aromatic rings. The van der Waals surface area contributed by atoms with Crippen molar-refractivity contribution in [3.05, 3.63) is 59.2 Å². The lowest BCUT2D eigenvalue weighted by Gasteiger charge is -2.34. The Morgan fingerprint density at radius 2 is 1.80 bits per heavy atom. The Hall–Kier alpha value is -2.48. The second-order valence-corrected chi connectivity index (χ2v) is 10.7. The highest BCUT2D eigenvalue weighted by Gasteiger charge is 2.28. The molecule has 1 atom stereocenters. The Labute approximate surface area is 209 Å². The van der Waals surface area contributed by atoms with Gasteiger partial charge in [-0.25, -0.2) is 4.98 Å². The highest BCUT2D eigenvalue weighted by molar-refractivity contribution is 5.55. The number of hydrogen-bond donors (Lipinski definition) is 0. The maximum Gasteiger partial charge on any atom is 0.138 e. The van der Waals surface area contributed by atoms with Gasteiger partial charge >= 0.3 is 0 Å². The molecule has 0 unspecified atom stereocenters. The van der Waals surface area contributed by atoms with Crippen LogP contribution in [0.1, 0.15) is 54.4 Å². The summed E-state index contributed by atoms with van der Waals surface area (Å²) in [5.74, 6) is 1.30. The van der Waals surface area contributed by atoms with Crippen molar-refractivity contribution in [3.63, 3.8) is 0 Å². The summed E-state index contributed by atoms with van der Waals surface area (Å²) in [7, 11) is 4.49. The van der Waals surface area contributed by atoms with E-state index in [1.165, 1.54) is 67.2 Å². The molecule has 186 valence electrons. The molecule has 3 aromatic heterocycles. The number of nitrogens with zero attached hydrogens (tertiary/aromatic N) is 7. The van der Waals surface area contributed by atoms with Gasteiger partial charge in [-0.3, -0.25) is 19.2 Å². The maximum atomic E-state index is 5.25. The topological polar surface area (TPSA) is 43.2 Å². The smallest absolute Gasteiger partial charge is 0.138 e. The average molecular weight is 474 g/mol. The van der Waals surface area contributed by atoms with E-state index in [2.05, 4.69) is 68.4 Å². The molecule has 1 aliphatic carbocycles. The minimum Gasteiger partial charge on any atom is -0.355 e. The summed E-state index contributed by atoms with van der Waals surface area (Å²) >= 11 is 0. The van der Waals surface area contributed by atoms with Crippen LogP contribution in [-0.4, -0.2) is 82.4 Å². The molecule has 6 rings (SSSR count). The van der Waals surface area contributed by atoms with Crippen LogP contribution in [0.3, 0.4) is 0 Å². The molecule has 0 radical (unpaired) electrons. The molecule has 0 amide bonds. The van der Waals surface area contributed by atoms with Gasteiger partial charge in [-0.2, -0.15) is 0 Å². The number of pyridine rings is 2. The minimum atomic E-state index is 0.363. The number of rotatable bonds is 6. The first-order chi connectivity index (χ1) is 17.2. The SMILES string of the molecule is CN1CCN(c2cccc3nc(CN(C)[C@H]4CCCc5cccnc54)c(CN4CCCC4)n23)CC1. The summed E-state index contributed by atoms with van der Waals surface area (Å²) in [6.45, 7) is 8.57. The fourth-order valence-corrected chi connectivity index (χ4v) is 6.27. The number of likely N-dealkylation sites (N-methyl/N-ethyl adjacent to an activating group) is 1. The van der Waals surface area contributed by atoms with E-state index >= 15 is 0 Å². The predicted molar refractivity (Wildman–Crippen MR) is 141 cm³/mol. The van der Waals surface area contributed by atoms with Crippen molar-refractivity contribution >= 4 is 11.5 Å². The number of aromatic nitrogens is 3. The molecule has 0 N–H and O–H groups in total. The molecule has 2 aliphatic heterocycles. The molecule has 0 bridgehead atoms. The third kappa shape index (κ3) is 4.57. The fraction of sp³-hybridized carbons (Fsp3) is 0.571. The van der Waals surface area contributed by atoms with Gasteiger partial charge in [-0.05, 0) is 83.1 Å². The fourth-order valence-electron chi connectivity index (χ4n) is 6.27. The Bertz CT molecular complexity index is 1160. The summed E-state index contributed by atoms with van der Waals surface area (Å²) in [6.07, 6.45) is 8.12. The van der Waals surface area contributed by atoms with E-state index < -0.39 is 0 Å². The van der Waals surface area contributed by atoms with Gasteiger partial charge in [0.25, 0.3) is 0 Å². The third-order valence-electron chi connectivity index (χ3n) is 8.30. The first-order valence-electron chi connectivity index (χ1n) is 13.5. The normalized spacial score (nSPS) is 21.8. The van der Waals surface area contributed by atoms with Gasteiger partial charge in [-0.1, -0.05) is 12.1 Å². The largest absolute Gasteiger partial charge is 0.355 e. The Balaban J connectivity index is 1.36. The van der Waals surface area contributed by atoms with Gasteiger partial charge in [0.2, 0.25) is 0 Å². The van der Waals surface area contributed by atoms with E-state index in [-0.39, 0.29) is 0 Å². The van der Waals surface area contributed by atoms with Crippen LogP contribution in [0.25, 0.3) is 5.65 Å². The van der Waals surface area contributed by atoms with E-state index in [0.717, 1.165) is 51.3 Å². The number of piperazine rings is 1. The lowest BCUT2D eigenvalue weighted by Crippen LogP contribution is -2.45. The Morgan fingerprint density at radius 3 is 2.63 bits per heavy atom. The number of hydrogen-bond acceptors (Lipinski definition) is 6. The Morgan fingerprint density at radius 1 is 0.971 bits per heavy atom. The van der Waals surface area contributed by atoms with Gasteiger partial charge in [-0.15, -0.1) is 0 Å². The quantitative estimate of drug-likeness (QED) is 0.545. The van der Waals surface area contributed by atoms with E-state index in [4.69, 9.17) is 9.97 Å². The van der Waals surface area contributed by atoms with Gasteiger partial charge in [0.15, 0.2) is 0 Å². The molecule has 0 spiro atoms. The van der Waals surface area contributed by atoms with Crippen molar-refractivity contribution in [1.29, 1.82) is 0 Å². The molecule has 2 saturated heterocycles. The monoisotopic (exact) mass is 473 g/mol. The second-order valence-electron chi connectivity index (χ2n) is 10.7. The standard InChI is InChI=1S/C28H39N7/c1-31-16-18-34(19-17-31)27-12-6-11-26-30-23(25(35(26)27)21-33-14-3-4-15-33)20-32(2)24-10-5-8-22-9-7-13-29-28(22)24/h6-7,9,11-13,24H,3-5,8,10,14-21H2,1-2H3/t24-/m0/s1. The van der Waals surface area contributed by atoms with Crippen LogP contribution in [0.5, 0.6) is 0 Å². The van der Waals surface area contributed by atoms with Gasteiger partial charge in [0, 0.05) is 45.5 Å². The average Bonchev–Trinajstić information content (AvgIpc) is 3.52. The molecule has 35 heavy (non-hydrogen) atoms. The second kappa shape index (κ2) is 9.88. The number of imidazole rings is 1. The van der Waals surface area contributed by atoms with E-state index in [0.29, 0.717) is 6.04 Å². The molecular formula is C28H39N7. The van der Waals surface area contributed by atoms with Crippen molar-refractivity contribution in [2.75, 3.05) is 58.3 Å². The Kier molecular flexibility index (Phi) is 6.48. The van der Waals surface area contributed by atoms with Gasteiger partial charge in [0.05, 0.1) is 23.1 Å². The van der Waals surface area contributed by atoms with Crippen molar-refractivity contribution in [2.45, 2.75) is 51.2 Å². The summed E-state index contributed by atoms with van der Waals surface area (Å²) in [4.78, 5) is 20.1.